The second-order valence-corrected chi connectivity index (χ2v) is 6.90. The van der Waals surface area contributed by atoms with Crippen LogP contribution < -0.4 is 5.32 Å². The van der Waals surface area contributed by atoms with Crippen LogP contribution in [-0.4, -0.2) is 7.05 Å². The van der Waals surface area contributed by atoms with Gasteiger partial charge in [-0.15, -0.1) is 0 Å². The minimum absolute atomic E-state index is 0.876. The number of fused-ring (bicyclic) bond motifs is 1. The summed E-state index contributed by atoms with van der Waals surface area (Å²) in [6, 6.07) is 21.6. The highest BCUT2D eigenvalue weighted by Gasteiger charge is 2.03. The van der Waals surface area contributed by atoms with Gasteiger partial charge in [0, 0.05) is 20.8 Å². The van der Waals surface area contributed by atoms with Gasteiger partial charge in [0.05, 0.1) is 0 Å². The zero-order valence-corrected chi connectivity index (χ0v) is 14.2. The molecule has 3 rings (SSSR count). The van der Waals surface area contributed by atoms with E-state index < -0.39 is 0 Å². The molecule has 0 spiro atoms. The van der Waals surface area contributed by atoms with E-state index in [0.29, 0.717) is 0 Å². The van der Waals surface area contributed by atoms with E-state index >= 15 is 0 Å². The summed E-state index contributed by atoms with van der Waals surface area (Å²) in [6.07, 6.45) is 0. The lowest BCUT2D eigenvalue weighted by atomic mass is 10.1. The molecule has 0 heterocycles. The van der Waals surface area contributed by atoms with E-state index in [1.807, 2.05) is 7.05 Å². The fourth-order valence-corrected chi connectivity index (χ4v) is 3.87. The van der Waals surface area contributed by atoms with Crippen molar-refractivity contribution in [3.63, 3.8) is 0 Å². The topological polar surface area (TPSA) is 12.0 Å². The predicted octanol–water partition coefficient (Wildman–Crippen LogP) is 5.47. The van der Waals surface area contributed by atoms with Gasteiger partial charge in [-0.2, -0.15) is 0 Å². The molecule has 0 unspecified atom stereocenters. The van der Waals surface area contributed by atoms with Crippen molar-refractivity contribution in [1.29, 1.82) is 0 Å². The maximum atomic E-state index is 3.65. The Morgan fingerprint density at radius 3 is 2.38 bits per heavy atom. The molecule has 3 aromatic rings. The van der Waals surface area contributed by atoms with Crippen molar-refractivity contribution >= 4 is 38.5 Å². The number of hydrogen-bond donors (Lipinski definition) is 1. The Balaban J connectivity index is 1.86. The third kappa shape index (κ3) is 3.49. The molecule has 0 aliphatic heterocycles. The highest BCUT2D eigenvalue weighted by molar-refractivity contribution is 9.10. The first-order valence-corrected chi connectivity index (χ1v) is 8.47. The van der Waals surface area contributed by atoms with Crippen LogP contribution >= 0.6 is 27.7 Å². The first-order chi connectivity index (χ1) is 10.3. The molecule has 0 radical (unpaired) electrons. The lowest BCUT2D eigenvalue weighted by molar-refractivity contribution is 0.813. The van der Waals surface area contributed by atoms with Crippen molar-refractivity contribution in [2.45, 2.75) is 16.3 Å². The van der Waals surface area contributed by atoms with Crippen LogP contribution in [0.25, 0.3) is 10.8 Å². The average molecular weight is 358 g/mol. The van der Waals surface area contributed by atoms with Crippen LogP contribution in [0.1, 0.15) is 5.56 Å². The molecular formula is C18H16BrNS. The van der Waals surface area contributed by atoms with Gasteiger partial charge in [0.1, 0.15) is 0 Å². The summed E-state index contributed by atoms with van der Waals surface area (Å²) in [5, 5.41) is 5.75. The van der Waals surface area contributed by atoms with Gasteiger partial charge in [0.2, 0.25) is 0 Å². The van der Waals surface area contributed by atoms with Crippen LogP contribution in [-0.2, 0) is 6.54 Å². The van der Waals surface area contributed by atoms with Crippen LogP contribution in [0, 0.1) is 0 Å². The molecule has 3 aromatic carbocycles. The molecule has 0 saturated heterocycles. The van der Waals surface area contributed by atoms with Crippen molar-refractivity contribution < 1.29 is 0 Å². The molecule has 0 aliphatic carbocycles. The van der Waals surface area contributed by atoms with E-state index in [0.717, 1.165) is 11.0 Å². The Kier molecular flexibility index (Phi) is 4.63. The Morgan fingerprint density at radius 1 is 0.905 bits per heavy atom. The summed E-state index contributed by atoms with van der Waals surface area (Å²) in [7, 11) is 1.96. The predicted molar refractivity (Wildman–Crippen MR) is 95.0 cm³/mol. The Labute approximate surface area is 137 Å². The summed E-state index contributed by atoms with van der Waals surface area (Å²) in [6.45, 7) is 0.876. The Bertz CT molecular complexity index is 770. The van der Waals surface area contributed by atoms with Crippen molar-refractivity contribution in [3.8, 4) is 0 Å². The molecule has 0 atom stereocenters. The minimum Gasteiger partial charge on any atom is -0.316 e. The molecule has 0 aliphatic rings. The lowest BCUT2D eigenvalue weighted by Crippen LogP contribution is -2.05. The van der Waals surface area contributed by atoms with Crippen LogP contribution in [0.15, 0.2) is 74.9 Å². The fraction of sp³-hybridized carbons (Fsp3) is 0.111. The largest absolute Gasteiger partial charge is 0.316 e. The maximum absolute atomic E-state index is 3.65. The van der Waals surface area contributed by atoms with E-state index in [9.17, 15) is 0 Å². The van der Waals surface area contributed by atoms with E-state index in [4.69, 9.17) is 0 Å². The SMILES string of the molecule is CNCc1ccc(Sc2ccc3ccccc3c2)cc1Br. The quantitative estimate of drug-likeness (QED) is 0.663. The molecule has 1 N–H and O–H groups in total. The second-order valence-electron chi connectivity index (χ2n) is 4.89. The highest BCUT2D eigenvalue weighted by Crippen LogP contribution is 2.32. The zero-order chi connectivity index (χ0) is 14.7. The molecule has 0 aromatic heterocycles. The third-order valence-electron chi connectivity index (χ3n) is 3.35. The van der Waals surface area contributed by atoms with Crippen molar-refractivity contribution in [1.82, 2.24) is 5.32 Å². The van der Waals surface area contributed by atoms with E-state index in [-0.39, 0.29) is 0 Å². The van der Waals surface area contributed by atoms with Gasteiger partial charge in [0.25, 0.3) is 0 Å². The Morgan fingerprint density at radius 2 is 1.62 bits per heavy atom. The first-order valence-electron chi connectivity index (χ1n) is 6.86. The normalized spacial score (nSPS) is 11.0. The van der Waals surface area contributed by atoms with Gasteiger partial charge in [-0.3, -0.25) is 0 Å². The molecule has 0 amide bonds. The molecule has 21 heavy (non-hydrogen) atoms. The van der Waals surface area contributed by atoms with Gasteiger partial charge in [-0.05, 0) is 47.6 Å². The van der Waals surface area contributed by atoms with Gasteiger partial charge in [-0.1, -0.05) is 64.1 Å². The number of rotatable bonds is 4. The fourth-order valence-electron chi connectivity index (χ4n) is 2.29. The third-order valence-corrected chi connectivity index (χ3v) is 5.07. The minimum atomic E-state index is 0.876. The van der Waals surface area contributed by atoms with Crippen molar-refractivity contribution in [3.05, 3.63) is 70.7 Å². The molecular weight excluding hydrogens is 342 g/mol. The number of nitrogens with one attached hydrogen (secondary N) is 1. The molecule has 0 fully saturated rings. The summed E-state index contributed by atoms with van der Waals surface area (Å²) in [4.78, 5) is 2.51. The van der Waals surface area contributed by atoms with Crippen LogP contribution in [0.4, 0.5) is 0 Å². The number of hydrogen-bond acceptors (Lipinski definition) is 2. The van der Waals surface area contributed by atoms with Gasteiger partial charge in [-0.25, -0.2) is 0 Å². The van der Waals surface area contributed by atoms with Gasteiger partial charge < -0.3 is 5.32 Å². The summed E-state index contributed by atoms with van der Waals surface area (Å²) < 4.78 is 1.16. The second kappa shape index (κ2) is 6.65. The number of benzene rings is 3. The van der Waals surface area contributed by atoms with Crippen LogP contribution in [0.5, 0.6) is 0 Å². The first kappa shape index (κ1) is 14.6. The summed E-state index contributed by atoms with van der Waals surface area (Å²) >= 11 is 5.44. The molecule has 1 nitrogen and oxygen atoms in total. The zero-order valence-electron chi connectivity index (χ0n) is 11.8. The van der Waals surface area contributed by atoms with Crippen molar-refractivity contribution in [2.24, 2.45) is 0 Å². The Hall–Kier alpha value is -1.29. The summed E-state index contributed by atoms with van der Waals surface area (Å²) in [5.41, 5.74) is 1.28. The van der Waals surface area contributed by atoms with E-state index in [1.165, 1.54) is 26.1 Å². The lowest BCUT2D eigenvalue weighted by Gasteiger charge is -2.08. The van der Waals surface area contributed by atoms with E-state index in [2.05, 4.69) is 81.9 Å². The average Bonchev–Trinajstić information content (AvgIpc) is 2.50. The molecule has 0 saturated carbocycles. The summed E-state index contributed by atoms with van der Waals surface area (Å²) in [5.74, 6) is 0. The highest BCUT2D eigenvalue weighted by atomic mass is 79.9. The van der Waals surface area contributed by atoms with Crippen LogP contribution in [0.3, 0.4) is 0 Å². The van der Waals surface area contributed by atoms with E-state index in [1.54, 1.807) is 11.8 Å². The molecule has 106 valence electrons. The molecule has 0 bridgehead atoms. The standard InChI is InChI=1S/C18H16BrNS/c1-20-12-15-7-9-17(11-18(15)19)21-16-8-6-13-4-2-3-5-14(13)10-16/h2-11,20H,12H2,1H3. The maximum Gasteiger partial charge on any atom is 0.0231 e. The van der Waals surface area contributed by atoms with Crippen molar-refractivity contribution in [2.75, 3.05) is 7.05 Å². The monoisotopic (exact) mass is 357 g/mol. The number of halogens is 1. The molecule has 3 heteroatoms. The van der Waals surface area contributed by atoms with Gasteiger partial charge >= 0.3 is 0 Å². The van der Waals surface area contributed by atoms with Crippen LogP contribution in [0.2, 0.25) is 0 Å². The smallest absolute Gasteiger partial charge is 0.0231 e. The van der Waals surface area contributed by atoms with Gasteiger partial charge in [0.15, 0.2) is 0 Å².